The van der Waals surface area contributed by atoms with Gasteiger partial charge in [-0.1, -0.05) is 11.2 Å². The van der Waals surface area contributed by atoms with Crippen LogP contribution in [0.2, 0.25) is 0 Å². The summed E-state index contributed by atoms with van der Waals surface area (Å²) in [6, 6.07) is 16.5. The molecular weight excluding hydrogens is 460 g/mol. The molecule has 10 nitrogen and oxygen atoms in total. The minimum Gasteiger partial charge on any atom is -0.459 e. The van der Waals surface area contributed by atoms with Crippen molar-refractivity contribution in [2.24, 2.45) is 0 Å². The molecule has 0 unspecified atom stereocenters. The van der Waals surface area contributed by atoms with Crippen LogP contribution in [0.1, 0.15) is 10.6 Å². The second kappa shape index (κ2) is 9.21. The van der Waals surface area contributed by atoms with E-state index in [1.54, 1.807) is 48.5 Å². The normalized spacial score (nSPS) is 14.7. The Kier molecular flexibility index (Phi) is 5.97. The summed E-state index contributed by atoms with van der Waals surface area (Å²) in [6.07, 6.45) is 1.43. The largest absolute Gasteiger partial charge is 0.459 e. The second-order valence-electron chi connectivity index (χ2n) is 7.48. The summed E-state index contributed by atoms with van der Waals surface area (Å²) in [5, 5.41) is 6.76. The monoisotopic (exact) mass is 480 g/mol. The molecule has 3 heterocycles. The van der Waals surface area contributed by atoms with E-state index in [1.165, 1.54) is 22.7 Å². The first-order chi connectivity index (χ1) is 16.5. The minimum atomic E-state index is -3.58. The molecular formula is C23H20N4O6S. The number of furan rings is 1. The Labute approximate surface area is 195 Å². The summed E-state index contributed by atoms with van der Waals surface area (Å²) in [6.45, 7) is 1.44. The maximum absolute atomic E-state index is 12.8. The topological polar surface area (TPSA) is 128 Å². The van der Waals surface area contributed by atoms with Gasteiger partial charge in [-0.05, 0) is 54.6 Å². The number of ether oxygens (including phenoxy) is 1. The maximum atomic E-state index is 12.8. The van der Waals surface area contributed by atoms with Gasteiger partial charge in [0, 0.05) is 29.9 Å². The number of hydrogen-bond donors (Lipinski definition) is 1. The van der Waals surface area contributed by atoms with Crippen molar-refractivity contribution in [1.82, 2.24) is 14.4 Å². The maximum Gasteiger partial charge on any atom is 0.291 e. The molecule has 0 spiro atoms. The van der Waals surface area contributed by atoms with E-state index in [4.69, 9.17) is 13.7 Å². The summed E-state index contributed by atoms with van der Waals surface area (Å²) >= 11 is 0. The van der Waals surface area contributed by atoms with Crippen molar-refractivity contribution >= 4 is 21.6 Å². The summed E-state index contributed by atoms with van der Waals surface area (Å²) in [4.78, 5) is 16.8. The Morgan fingerprint density at radius 1 is 0.971 bits per heavy atom. The fraction of sp³-hybridized carbons (Fsp3) is 0.174. The average molecular weight is 481 g/mol. The van der Waals surface area contributed by atoms with Crippen molar-refractivity contribution in [3.8, 4) is 22.8 Å². The molecule has 0 atom stereocenters. The molecule has 11 heteroatoms. The molecule has 1 aliphatic heterocycles. The molecule has 1 aliphatic rings. The lowest BCUT2D eigenvalue weighted by molar-refractivity contribution is 0.0730. The first-order valence-corrected chi connectivity index (χ1v) is 11.9. The molecule has 1 fully saturated rings. The number of nitrogens with zero attached hydrogens (tertiary/aromatic N) is 3. The molecule has 174 valence electrons. The van der Waals surface area contributed by atoms with Crippen molar-refractivity contribution in [1.29, 1.82) is 0 Å². The lowest BCUT2D eigenvalue weighted by atomic mass is 10.2. The van der Waals surface area contributed by atoms with E-state index in [-0.39, 0.29) is 22.5 Å². The van der Waals surface area contributed by atoms with Gasteiger partial charge < -0.3 is 19.0 Å². The van der Waals surface area contributed by atoms with E-state index in [0.29, 0.717) is 48.9 Å². The third kappa shape index (κ3) is 4.49. The van der Waals surface area contributed by atoms with Crippen LogP contribution in [0.5, 0.6) is 0 Å². The zero-order valence-electron chi connectivity index (χ0n) is 17.9. The van der Waals surface area contributed by atoms with Crippen LogP contribution in [-0.2, 0) is 14.8 Å². The Hall–Kier alpha value is -3.80. The second-order valence-corrected chi connectivity index (χ2v) is 9.41. The first kappa shape index (κ1) is 22.0. The number of hydrogen-bond acceptors (Lipinski definition) is 8. The third-order valence-corrected chi connectivity index (χ3v) is 7.17. The Morgan fingerprint density at radius 3 is 2.50 bits per heavy atom. The number of morpholine rings is 1. The number of carbonyl (C=O) groups excluding carboxylic acids is 1. The van der Waals surface area contributed by atoms with Crippen LogP contribution < -0.4 is 5.32 Å². The minimum absolute atomic E-state index is 0.196. The summed E-state index contributed by atoms with van der Waals surface area (Å²) in [5.41, 5.74) is 1.76. The molecule has 1 saturated heterocycles. The van der Waals surface area contributed by atoms with Gasteiger partial charge in [-0.2, -0.15) is 9.29 Å². The predicted octanol–water partition coefficient (Wildman–Crippen LogP) is 3.27. The summed E-state index contributed by atoms with van der Waals surface area (Å²) in [7, 11) is -3.58. The third-order valence-electron chi connectivity index (χ3n) is 5.26. The average Bonchev–Trinajstić information content (AvgIpc) is 3.58. The Balaban J connectivity index is 1.33. The molecule has 1 amide bonds. The quantitative estimate of drug-likeness (QED) is 0.445. The molecule has 0 saturated carbocycles. The number of benzene rings is 2. The highest BCUT2D eigenvalue weighted by atomic mass is 32.2. The predicted molar refractivity (Wildman–Crippen MR) is 121 cm³/mol. The first-order valence-electron chi connectivity index (χ1n) is 10.5. The fourth-order valence-corrected chi connectivity index (χ4v) is 4.91. The van der Waals surface area contributed by atoms with Crippen LogP contribution in [0.25, 0.3) is 22.8 Å². The van der Waals surface area contributed by atoms with Gasteiger partial charge in [0.1, 0.15) is 0 Å². The van der Waals surface area contributed by atoms with Crippen molar-refractivity contribution in [3.05, 3.63) is 72.7 Å². The van der Waals surface area contributed by atoms with Gasteiger partial charge in [0.2, 0.25) is 15.8 Å². The SMILES string of the molecule is O=C(Nc1cccc(-c2nc(-c3ccc(S(=O)(=O)N4CCOCC4)cc3)no2)c1)c1ccco1. The molecule has 2 aromatic heterocycles. The molecule has 5 rings (SSSR count). The number of sulfonamides is 1. The number of rotatable bonds is 6. The van der Waals surface area contributed by atoms with Gasteiger partial charge in [-0.25, -0.2) is 8.42 Å². The molecule has 0 radical (unpaired) electrons. The highest BCUT2D eigenvalue weighted by Crippen LogP contribution is 2.26. The number of anilines is 1. The van der Waals surface area contributed by atoms with Gasteiger partial charge in [-0.3, -0.25) is 4.79 Å². The zero-order chi connectivity index (χ0) is 23.5. The fourth-order valence-electron chi connectivity index (χ4n) is 3.50. The molecule has 34 heavy (non-hydrogen) atoms. The van der Waals surface area contributed by atoms with E-state index in [9.17, 15) is 13.2 Å². The van der Waals surface area contributed by atoms with Gasteiger partial charge in [0.25, 0.3) is 11.8 Å². The Morgan fingerprint density at radius 2 is 1.76 bits per heavy atom. The lowest BCUT2D eigenvalue weighted by Gasteiger charge is -2.26. The molecule has 1 N–H and O–H groups in total. The number of nitrogens with one attached hydrogen (secondary N) is 1. The molecule has 2 aromatic carbocycles. The van der Waals surface area contributed by atoms with Gasteiger partial charge in [-0.15, -0.1) is 0 Å². The number of carbonyl (C=O) groups is 1. The van der Waals surface area contributed by atoms with Crippen LogP contribution in [-0.4, -0.2) is 55.1 Å². The summed E-state index contributed by atoms with van der Waals surface area (Å²) < 4.78 is 42.7. The standard InChI is InChI=1S/C23H20N4O6S/c28-22(20-5-2-12-32-20)24-18-4-1-3-17(15-18)23-25-21(26-33-23)16-6-8-19(9-7-16)34(29,30)27-10-13-31-14-11-27/h1-9,12,15H,10-11,13-14H2,(H,24,28). The van der Waals surface area contributed by atoms with Crippen molar-refractivity contribution in [2.75, 3.05) is 31.6 Å². The van der Waals surface area contributed by atoms with Crippen LogP contribution in [0.15, 0.2) is 80.8 Å². The molecule has 0 aliphatic carbocycles. The van der Waals surface area contributed by atoms with Gasteiger partial charge in [0.05, 0.1) is 24.4 Å². The lowest BCUT2D eigenvalue weighted by Crippen LogP contribution is -2.40. The van der Waals surface area contributed by atoms with Crippen LogP contribution in [0, 0.1) is 0 Å². The van der Waals surface area contributed by atoms with E-state index in [0.717, 1.165) is 0 Å². The van der Waals surface area contributed by atoms with E-state index >= 15 is 0 Å². The van der Waals surface area contributed by atoms with E-state index in [1.807, 2.05) is 0 Å². The van der Waals surface area contributed by atoms with Crippen LogP contribution >= 0.6 is 0 Å². The van der Waals surface area contributed by atoms with Crippen LogP contribution in [0.3, 0.4) is 0 Å². The van der Waals surface area contributed by atoms with Crippen LogP contribution in [0.4, 0.5) is 5.69 Å². The highest BCUT2D eigenvalue weighted by molar-refractivity contribution is 7.89. The van der Waals surface area contributed by atoms with Gasteiger partial charge in [0.15, 0.2) is 5.76 Å². The molecule has 0 bridgehead atoms. The van der Waals surface area contributed by atoms with Crippen molar-refractivity contribution in [3.63, 3.8) is 0 Å². The highest BCUT2D eigenvalue weighted by Gasteiger charge is 2.26. The van der Waals surface area contributed by atoms with E-state index in [2.05, 4.69) is 15.5 Å². The smallest absolute Gasteiger partial charge is 0.291 e. The van der Waals surface area contributed by atoms with E-state index < -0.39 is 10.0 Å². The molecule has 4 aromatic rings. The van der Waals surface area contributed by atoms with Crippen molar-refractivity contribution < 1.29 is 26.9 Å². The number of aromatic nitrogens is 2. The van der Waals surface area contributed by atoms with Crippen molar-refractivity contribution in [2.45, 2.75) is 4.90 Å². The van der Waals surface area contributed by atoms with Gasteiger partial charge >= 0.3 is 0 Å². The Bertz CT molecular complexity index is 1390. The zero-order valence-corrected chi connectivity index (χ0v) is 18.7. The number of amides is 1. The summed E-state index contributed by atoms with van der Waals surface area (Å²) in [5.74, 6) is 0.398.